The zero-order chi connectivity index (χ0) is 13.8. The first-order valence-corrected chi connectivity index (χ1v) is 6.19. The molecule has 104 valence electrons. The molecule has 2 atom stereocenters. The van der Waals surface area contributed by atoms with Crippen LogP contribution in [0.3, 0.4) is 0 Å². The normalized spacial score (nSPS) is 23.1. The Labute approximate surface area is 110 Å². The van der Waals surface area contributed by atoms with Crippen molar-refractivity contribution in [2.75, 3.05) is 6.54 Å². The fourth-order valence-corrected chi connectivity index (χ4v) is 2.20. The van der Waals surface area contributed by atoms with Crippen molar-refractivity contribution in [1.82, 2.24) is 25.4 Å². The number of likely N-dealkylation sites (tertiary alicyclic amines) is 1. The van der Waals surface area contributed by atoms with Crippen LogP contribution in [0, 0.1) is 5.92 Å². The van der Waals surface area contributed by atoms with Crippen LogP contribution in [0.1, 0.15) is 25.6 Å². The van der Waals surface area contributed by atoms with Crippen molar-refractivity contribution in [1.29, 1.82) is 0 Å². The minimum absolute atomic E-state index is 0.206. The summed E-state index contributed by atoms with van der Waals surface area (Å²) >= 11 is 0. The van der Waals surface area contributed by atoms with E-state index in [2.05, 4.69) is 20.5 Å². The minimum Gasteiger partial charge on any atom is -0.480 e. The van der Waals surface area contributed by atoms with Crippen LogP contribution in [0.5, 0.6) is 0 Å². The van der Waals surface area contributed by atoms with Gasteiger partial charge in [0, 0.05) is 6.54 Å². The SMILES string of the molecule is CC1CCN(C(=O)NCc2ncn[nH]2)C(C(=O)O)C1. The molecule has 1 aromatic heterocycles. The molecule has 19 heavy (non-hydrogen) atoms. The van der Waals surface area contributed by atoms with E-state index in [1.54, 1.807) is 0 Å². The average Bonchev–Trinajstić information content (AvgIpc) is 2.88. The van der Waals surface area contributed by atoms with Crippen molar-refractivity contribution < 1.29 is 14.7 Å². The summed E-state index contributed by atoms with van der Waals surface area (Å²) in [6, 6.07) is -1.13. The van der Waals surface area contributed by atoms with Gasteiger partial charge >= 0.3 is 12.0 Å². The van der Waals surface area contributed by atoms with Crippen molar-refractivity contribution in [3.63, 3.8) is 0 Å². The van der Waals surface area contributed by atoms with Gasteiger partial charge in [0.15, 0.2) is 0 Å². The van der Waals surface area contributed by atoms with Gasteiger partial charge < -0.3 is 15.3 Å². The zero-order valence-corrected chi connectivity index (χ0v) is 10.7. The summed E-state index contributed by atoms with van der Waals surface area (Å²) < 4.78 is 0. The fourth-order valence-electron chi connectivity index (χ4n) is 2.20. The number of carbonyl (C=O) groups excluding carboxylic acids is 1. The number of aromatic amines is 1. The number of aromatic nitrogens is 3. The molecule has 0 radical (unpaired) electrons. The van der Waals surface area contributed by atoms with Gasteiger partial charge in [-0.25, -0.2) is 14.6 Å². The van der Waals surface area contributed by atoms with Crippen LogP contribution < -0.4 is 5.32 Å². The lowest BCUT2D eigenvalue weighted by Gasteiger charge is -2.35. The Morgan fingerprint density at radius 1 is 1.63 bits per heavy atom. The molecule has 1 aromatic rings. The Bertz CT molecular complexity index is 447. The molecule has 2 amide bonds. The Morgan fingerprint density at radius 3 is 3.05 bits per heavy atom. The van der Waals surface area contributed by atoms with Crippen LogP contribution in [0.15, 0.2) is 6.33 Å². The van der Waals surface area contributed by atoms with E-state index < -0.39 is 12.0 Å². The monoisotopic (exact) mass is 267 g/mol. The van der Waals surface area contributed by atoms with Crippen molar-refractivity contribution in [3.05, 3.63) is 12.2 Å². The second-order valence-corrected chi connectivity index (χ2v) is 4.77. The second kappa shape index (κ2) is 5.68. The van der Waals surface area contributed by atoms with Gasteiger partial charge in [-0.05, 0) is 18.8 Å². The van der Waals surface area contributed by atoms with Gasteiger partial charge in [-0.15, -0.1) is 0 Å². The van der Waals surface area contributed by atoms with Gasteiger partial charge in [-0.2, -0.15) is 5.10 Å². The molecule has 8 nitrogen and oxygen atoms in total. The summed E-state index contributed by atoms with van der Waals surface area (Å²) in [5, 5.41) is 18.1. The predicted octanol–water partition coefficient (Wildman–Crippen LogP) is 0.199. The third-order valence-corrected chi connectivity index (χ3v) is 3.28. The maximum atomic E-state index is 12.0. The van der Waals surface area contributed by atoms with Crippen molar-refractivity contribution in [2.24, 2.45) is 5.92 Å². The van der Waals surface area contributed by atoms with Crippen LogP contribution in [-0.4, -0.2) is 49.8 Å². The summed E-state index contributed by atoms with van der Waals surface area (Å²) in [4.78, 5) is 28.5. The maximum Gasteiger partial charge on any atom is 0.326 e. The van der Waals surface area contributed by atoms with Crippen LogP contribution >= 0.6 is 0 Å². The smallest absolute Gasteiger partial charge is 0.326 e. The molecule has 0 aliphatic carbocycles. The molecule has 0 spiro atoms. The number of nitrogens with zero attached hydrogens (tertiary/aromatic N) is 3. The van der Waals surface area contributed by atoms with E-state index >= 15 is 0 Å². The van der Waals surface area contributed by atoms with Crippen molar-refractivity contribution in [3.8, 4) is 0 Å². The Hall–Kier alpha value is -2.12. The molecule has 2 rings (SSSR count). The first kappa shape index (κ1) is 13.3. The maximum absolute atomic E-state index is 12.0. The molecule has 0 aromatic carbocycles. The van der Waals surface area contributed by atoms with Crippen molar-refractivity contribution >= 4 is 12.0 Å². The summed E-state index contributed by atoms with van der Waals surface area (Å²) in [5.41, 5.74) is 0. The number of carbonyl (C=O) groups is 2. The topological polar surface area (TPSA) is 111 Å². The molecule has 1 saturated heterocycles. The molecule has 2 unspecified atom stereocenters. The second-order valence-electron chi connectivity index (χ2n) is 4.77. The Balaban J connectivity index is 1.94. The molecule has 3 N–H and O–H groups in total. The third kappa shape index (κ3) is 3.21. The van der Waals surface area contributed by atoms with Gasteiger partial charge in [-0.1, -0.05) is 6.92 Å². The number of amides is 2. The number of hydrogen-bond donors (Lipinski definition) is 3. The van der Waals surface area contributed by atoms with Gasteiger partial charge in [0.1, 0.15) is 18.2 Å². The highest BCUT2D eigenvalue weighted by atomic mass is 16.4. The molecule has 1 aliphatic rings. The van der Waals surface area contributed by atoms with E-state index in [4.69, 9.17) is 0 Å². The molecule has 0 saturated carbocycles. The lowest BCUT2D eigenvalue weighted by molar-refractivity contribution is -0.143. The number of rotatable bonds is 3. The number of carboxylic acid groups (broad SMARTS) is 1. The number of carboxylic acids is 1. The highest BCUT2D eigenvalue weighted by Gasteiger charge is 2.34. The lowest BCUT2D eigenvalue weighted by Crippen LogP contribution is -2.53. The molecule has 8 heteroatoms. The number of aliphatic carboxylic acids is 1. The number of hydrogen-bond acceptors (Lipinski definition) is 4. The first-order valence-electron chi connectivity index (χ1n) is 6.19. The average molecular weight is 267 g/mol. The number of nitrogens with one attached hydrogen (secondary N) is 2. The summed E-state index contributed by atoms with van der Waals surface area (Å²) in [7, 11) is 0. The largest absolute Gasteiger partial charge is 0.480 e. The molecule has 0 bridgehead atoms. The van der Waals surface area contributed by atoms with E-state index in [0.717, 1.165) is 6.42 Å². The predicted molar refractivity (Wildman–Crippen MR) is 65.1 cm³/mol. The third-order valence-electron chi connectivity index (χ3n) is 3.28. The van der Waals surface area contributed by atoms with Crippen molar-refractivity contribution in [2.45, 2.75) is 32.4 Å². The van der Waals surface area contributed by atoms with Gasteiger partial charge in [0.05, 0.1) is 6.54 Å². The van der Waals surface area contributed by atoms with E-state index in [-0.39, 0.29) is 12.6 Å². The number of urea groups is 1. The summed E-state index contributed by atoms with van der Waals surface area (Å²) in [5.74, 6) is -0.105. The van der Waals surface area contributed by atoms with E-state index in [9.17, 15) is 14.7 Å². The van der Waals surface area contributed by atoms with Crippen LogP contribution in [-0.2, 0) is 11.3 Å². The lowest BCUT2D eigenvalue weighted by atomic mass is 9.93. The Morgan fingerprint density at radius 2 is 2.42 bits per heavy atom. The van der Waals surface area contributed by atoms with Crippen LogP contribution in [0.25, 0.3) is 0 Å². The first-order chi connectivity index (χ1) is 9.08. The molecule has 1 aliphatic heterocycles. The number of piperidine rings is 1. The number of H-pyrrole nitrogens is 1. The molecule has 2 heterocycles. The van der Waals surface area contributed by atoms with E-state index in [1.165, 1.54) is 11.2 Å². The summed E-state index contributed by atoms with van der Waals surface area (Å²) in [6.45, 7) is 2.66. The van der Waals surface area contributed by atoms with Crippen LogP contribution in [0.2, 0.25) is 0 Å². The highest BCUT2D eigenvalue weighted by molar-refractivity contribution is 5.82. The summed E-state index contributed by atoms with van der Waals surface area (Å²) in [6.07, 6.45) is 2.66. The van der Waals surface area contributed by atoms with E-state index in [0.29, 0.717) is 24.7 Å². The highest BCUT2D eigenvalue weighted by Crippen LogP contribution is 2.22. The fraction of sp³-hybridized carbons (Fsp3) is 0.636. The van der Waals surface area contributed by atoms with Gasteiger partial charge in [0.2, 0.25) is 0 Å². The van der Waals surface area contributed by atoms with Gasteiger partial charge in [0.25, 0.3) is 0 Å². The molecular formula is C11H17N5O3. The molecular weight excluding hydrogens is 250 g/mol. The van der Waals surface area contributed by atoms with E-state index in [1.807, 2.05) is 6.92 Å². The van der Waals surface area contributed by atoms with Gasteiger partial charge in [-0.3, -0.25) is 5.10 Å². The quantitative estimate of drug-likeness (QED) is 0.724. The molecule has 1 fully saturated rings. The standard InChI is InChI=1S/C11H17N5O3/c1-7-2-3-16(8(4-7)10(17)18)11(19)12-5-9-13-6-14-15-9/h6-8H,2-5H2,1H3,(H,12,19)(H,17,18)(H,13,14,15). The zero-order valence-electron chi connectivity index (χ0n) is 10.7. The van der Waals surface area contributed by atoms with Crippen LogP contribution in [0.4, 0.5) is 4.79 Å². The minimum atomic E-state index is -0.957. The Kier molecular flexibility index (Phi) is 3.98.